The lowest BCUT2D eigenvalue weighted by molar-refractivity contribution is 0.102. The Bertz CT molecular complexity index is 663. The molecule has 0 aliphatic heterocycles. The molecular weight excluding hydrogens is 289 g/mol. The number of hydrogen-bond acceptors (Lipinski definition) is 4. The highest BCUT2D eigenvalue weighted by Gasteiger charge is 2.16. The zero-order valence-corrected chi connectivity index (χ0v) is 12.5. The molecule has 0 unspecified atom stereocenters. The van der Waals surface area contributed by atoms with E-state index >= 15 is 0 Å². The third kappa shape index (κ3) is 3.11. The molecule has 22 heavy (non-hydrogen) atoms. The Hall–Kier alpha value is -2.76. The molecule has 2 aromatic rings. The van der Waals surface area contributed by atoms with Gasteiger partial charge in [0.2, 0.25) is 5.75 Å². The van der Waals surface area contributed by atoms with Crippen LogP contribution in [0.4, 0.5) is 10.1 Å². The molecule has 0 radical (unpaired) electrons. The van der Waals surface area contributed by atoms with Crippen LogP contribution in [-0.2, 0) is 0 Å². The first-order valence-electron chi connectivity index (χ1n) is 6.46. The summed E-state index contributed by atoms with van der Waals surface area (Å²) >= 11 is 0. The minimum atomic E-state index is -0.590. The second-order valence-corrected chi connectivity index (χ2v) is 4.35. The van der Waals surface area contributed by atoms with Crippen molar-refractivity contribution in [3.63, 3.8) is 0 Å². The molecular formula is C16H16FNO4. The highest BCUT2D eigenvalue weighted by Crippen LogP contribution is 2.40. The predicted octanol–water partition coefficient (Wildman–Crippen LogP) is 3.10. The molecule has 0 atom stereocenters. The van der Waals surface area contributed by atoms with Crippen LogP contribution >= 0.6 is 0 Å². The van der Waals surface area contributed by atoms with Crippen LogP contribution in [0.25, 0.3) is 0 Å². The van der Waals surface area contributed by atoms with E-state index in [0.717, 1.165) is 0 Å². The van der Waals surface area contributed by atoms with Gasteiger partial charge in [-0.3, -0.25) is 4.79 Å². The predicted molar refractivity (Wildman–Crippen MR) is 80.5 cm³/mol. The van der Waals surface area contributed by atoms with Crippen molar-refractivity contribution < 1.29 is 23.4 Å². The fourth-order valence-electron chi connectivity index (χ4n) is 2.00. The van der Waals surface area contributed by atoms with Crippen LogP contribution in [0, 0.1) is 5.82 Å². The molecule has 0 fully saturated rings. The molecule has 2 aromatic carbocycles. The van der Waals surface area contributed by atoms with Crippen molar-refractivity contribution in [2.45, 2.75) is 0 Å². The summed E-state index contributed by atoms with van der Waals surface area (Å²) in [5, 5.41) is 2.61. The Balaban J connectivity index is 2.34. The molecule has 6 heteroatoms. The zero-order chi connectivity index (χ0) is 16.1. The molecule has 2 rings (SSSR count). The normalized spacial score (nSPS) is 10.0. The molecule has 0 aliphatic rings. The van der Waals surface area contributed by atoms with Gasteiger partial charge in [-0.05, 0) is 12.1 Å². The SMILES string of the molecule is COc1cc(NC(=O)c2ccccc2F)cc(OC)c1OC. The maximum Gasteiger partial charge on any atom is 0.258 e. The van der Waals surface area contributed by atoms with Crippen molar-refractivity contribution in [3.05, 3.63) is 47.8 Å². The van der Waals surface area contributed by atoms with E-state index in [1.165, 1.54) is 39.5 Å². The summed E-state index contributed by atoms with van der Waals surface area (Å²) < 4.78 is 29.2. The topological polar surface area (TPSA) is 56.8 Å². The van der Waals surface area contributed by atoms with Gasteiger partial charge in [0, 0.05) is 17.8 Å². The number of carbonyl (C=O) groups excluding carboxylic acids is 1. The van der Waals surface area contributed by atoms with E-state index in [9.17, 15) is 9.18 Å². The minimum absolute atomic E-state index is 0.0451. The van der Waals surface area contributed by atoms with Gasteiger partial charge in [-0.2, -0.15) is 0 Å². The number of hydrogen-bond donors (Lipinski definition) is 1. The fraction of sp³-hybridized carbons (Fsp3) is 0.188. The van der Waals surface area contributed by atoms with Crippen LogP contribution in [0.15, 0.2) is 36.4 Å². The summed E-state index contributed by atoms with van der Waals surface area (Å²) in [5.74, 6) is 0.0464. The Morgan fingerprint density at radius 1 is 1.00 bits per heavy atom. The highest BCUT2D eigenvalue weighted by atomic mass is 19.1. The first-order chi connectivity index (χ1) is 10.6. The van der Waals surface area contributed by atoms with E-state index in [0.29, 0.717) is 22.9 Å². The monoisotopic (exact) mass is 305 g/mol. The van der Waals surface area contributed by atoms with Gasteiger partial charge in [-0.15, -0.1) is 0 Å². The smallest absolute Gasteiger partial charge is 0.258 e. The first-order valence-corrected chi connectivity index (χ1v) is 6.46. The molecule has 0 saturated carbocycles. The molecule has 0 aliphatic carbocycles. The molecule has 0 heterocycles. The van der Waals surface area contributed by atoms with Gasteiger partial charge in [0.05, 0.1) is 26.9 Å². The van der Waals surface area contributed by atoms with Gasteiger partial charge >= 0.3 is 0 Å². The van der Waals surface area contributed by atoms with Crippen LogP contribution in [0.2, 0.25) is 0 Å². The number of ether oxygens (including phenoxy) is 3. The minimum Gasteiger partial charge on any atom is -0.493 e. The fourth-order valence-corrected chi connectivity index (χ4v) is 2.00. The van der Waals surface area contributed by atoms with E-state index in [-0.39, 0.29) is 5.56 Å². The third-order valence-electron chi connectivity index (χ3n) is 3.04. The summed E-state index contributed by atoms with van der Waals surface area (Å²) in [5.41, 5.74) is 0.360. The largest absolute Gasteiger partial charge is 0.493 e. The molecule has 116 valence electrons. The summed E-state index contributed by atoms with van der Waals surface area (Å²) in [6.07, 6.45) is 0. The Labute approximate surface area is 127 Å². The van der Waals surface area contributed by atoms with E-state index in [1.54, 1.807) is 18.2 Å². The van der Waals surface area contributed by atoms with Crippen molar-refractivity contribution in [1.82, 2.24) is 0 Å². The number of halogens is 1. The lowest BCUT2D eigenvalue weighted by Crippen LogP contribution is -2.14. The van der Waals surface area contributed by atoms with Crippen LogP contribution in [0.1, 0.15) is 10.4 Å². The summed E-state index contributed by atoms with van der Waals surface area (Å²) in [7, 11) is 4.43. The summed E-state index contributed by atoms with van der Waals surface area (Å²) in [6.45, 7) is 0. The highest BCUT2D eigenvalue weighted by molar-refractivity contribution is 6.04. The van der Waals surface area contributed by atoms with E-state index in [1.807, 2.05) is 0 Å². The van der Waals surface area contributed by atoms with Gasteiger partial charge in [0.15, 0.2) is 11.5 Å². The molecule has 1 amide bonds. The summed E-state index contributed by atoms with van der Waals surface area (Å²) in [4.78, 5) is 12.1. The van der Waals surface area contributed by atoms with Gasteiger partial charge in [-0.25, -0.2) is 4.39 Å². The number of amides is 1. The molecule has 0 aromatic heterocycles. The van der Waals surface area contributed by atoms with Crippen molar-refractivity contribution >= 4 is 11.6 Å². The lowest BCUT2D eigenvalue weighted by atomic mass is 10.2. The number of rotatable bonds is 5. The quantitative estimate of drug-likeness (QED) is 0.922. The Morgan fingerprint density at radius 3 is 2.09 bits per heavy atom. The Kier molecular flexibility index (Phi) is 4.83. The lowest BCUT2D eigenvalue weighted by Gasteiger charge is -2.14. The van der Waals surface area contributed by atoms with Crippen LogP contribution in [-0.4, -0.2) is 27.2 Å². The van der Waals surface area contributed by atoms with Crippen molar-refractivity contribution in [3.8, 4) is 17.2 Å². The van der Waals surface area contributed by atoms with Gasteiger partial charge in [0.25, 0.3) is 5.91 Å². The van der Waals surface area contributed by atoms with E-state index in [2.05, 4.69) is 5.32 Å². The third-order valence-corrected chi connectivity index (χ3v) is 3.04. The molecule has 5 nitrogen and oxygen atoms in total. The van der Waals surface area contributed by atoms with Crippen molar-refractivity contribution in [2.24, 2.45) is 0 Å². The standard InChI is InChI=1S/C16H16FNO4/c1-20-13-8-10(9-14(21-2)15(13)22-3)18-16(19)11-6-4-5-7-12(11)17/h4-9H,1-3H3,(H,18,19). The molecule has 0 bridgehead atoms. The van der Waals surface area contributed by atoms with Gasteiger partial charge in [0.1, 0.15) is 5.82 Å². The Morgan fingerprint density at radius 2 is 1.59 bits per heavy atom. The van der Waals surface area contributed by atoms with E-state index in [4.69, 9.17) is 14.2 Å². The number of nitrogens with one attached hydrogen (secondary N) is 1. The molecule has 0 spiro atoms. The van der Waals surface area contributed by atoms with Gasteiger partial charge < -0.3 is 19.5 Å². The first kappa shape index (κ1) is 15.6. The number of benzene rings is 2. The van der Waals surface area contributed by atoms with Crippen LogP contribution in [0.3, 0.4) is 0 Å². The van der Waals surface area contributed by atoms with E-state index < -0.39 is 11.7 Å². The zero-order valence-electron chi connectivity index (χ0n) is 12.5. The molecule has 0 saturated heterocycles. The second kappa shape index (κ2) is 6.80. The van der Waals surface area contributed by atoms with Crippen LogP contribution in [0.5, 0.6) is 17.2 Å². The number of anilines is 1. The average molecular weight is 305 g/mol. The van der Waals surface area contributed by atoms with Crippen molar-refractivity contribution in [1.29, 1.82) is 0 Å². The molecule has 1 N–H and O–H groups in total. The second-order valence-electron chi connectivity index (χ2n) is 4.35. The van der Waals surface area contributed by atoms with Gasteiger partial charge in [-0.1, -0.05) is 12.1 Å². The number of carbonyl (C=O) groups is 1. The van der Waals surface area contributed by atoms with Crippen molar-refractivity contribution in [2.75, 3.05) is 26.6 Å². The van der Waals surface area contributed by atoms with Crippen LogP contribution < -0.4 is 19.5 Å². The maximum absolute atomic E-state index is 13.6. The average Bonchev–Trinajstić information content (AvgIpc) is 2.54. The number of methoxy groups -OCH3 is 3. The summed E-state index contributed by atoms with van der Waals surface area (Å²) in [6, 6.07) is 8.88. The maximum atomic E-state index is 13.6.